The highest BCUT2D eigenvalue weighted by molar-refractivity contribution is 6.00. The fraction of sp³-hybridized carbons (Fsp3) is 0.143. The number of alkyl halides is 4. The van der Waals surface area contributed by atoms with Gasteiger partial charge in [-0.25, -0.2) is 14.5 Å². The van der Waals surface area contributed by atoms with Gasteiger partial charge in [0.1, 0.15) is 23.8 Å². The van der Waals surface area contributed by atoms with Crippen LogP contribution in [0.2, 0.25) is 0 Å². The quantitative estimate of drug-likeness (QED) is 0.560. The Morgan fingerprint density at radius 2 is 1.82 bits per heavy atom. The van der Waals surface area contributed by atoms with Crippen molar-refractivity contribution in [1.82, 2.24) is 0 Å². The highest BCUT2D eigenvalue weighted by Crippen LogP contribution is 2.51. The van der Waals surface area contributed by atoms with Gasteiger partial charge in [0.05, 0.1) is 22.9 Å². The molecule has 0 fully saturated rings. The summed E-state index contributed by atoms with van der Waals surface area (Å²) >= 11 is 0. The molecule has 0 atom stereocenters. The van der Waals surface area contributed by atoms with E-state index in [1.807, 2.05) is 0 Å². The Hall–Kier alpha value is -4.26. The van der Waals surface area contributed by atoms with Gasteiger partial charge in [0.25, 0.3) is 0 Å². The van der Waals surface area contributed by atoms with Crippen molar-refractivity contribution in [3.05, 3.63) is 71.1 Å². The van der Waals surface area contributed by atoms with Gasteiger partial charge >= 0.3 is 18.4 Å². The summed E-state index contributed by atoms with van der Waals surface area (Å²) in [5.74, 6) is -0.472. The first kappa shape index (κ1) is 21.6. The fourth-order valence-corrected chi connectivity index (χ4v) is 3.80. The summed E-state index contributed by atoms with van der Waals surface area (Å²) in [4.78, 5) is 19.0. The SMILES string of the molecule is NC(=O)N(c1ccc(N2CN=c3occc3=C2N)cc1)c1cccc2c1C(F)(F)OC(F)(F)O2. The summed E-state index contributed by atoms with van der Waals surface area (Å²) < 4.78 is 69.0. The number of benzene rings is 2. The monoisotopic (exact) mass is 477 g/mol. The standard InChI is InChI=1S/C21H15F4N5O4/c22-20(23)16-14(2-1-3-15(16)33-21(24,25)34-20)30(19(27)31)12-6-4-11(5-7-12)29-10-28-18-13(17(29)26)8-9-32-18/h1-9H,10,26H2,(H2,27,31). The van der Waals surface area contributed by atoms with E-state index >= 15 is 0 Å². The van der Waals surface area contributed by atoms with E-state index in [1.54, 1.807) is 23.1 Å². The lowest BCUT2D eigenvalue weighted by atomic mass is 10.1. The van der Waals surface area contributed by atoms with Crippen LogP contribution in [-0.2, 0) is 10.8 Å². The Kier molecular flexibility index (Phi) is 4.68. The van der Waals surface area contributed by atoms with Gasteiger partial charge in [0.2, 0.25) is 5.55 Å². The number of nitrogens with two attached hydrogens (primary N) is 2. The van der Waals surface area contributed by atoms with Crippen molar-refractivity contribution in [3.63, 3.8) is 0 Å². The topological polar surface area (TPSA) is 120 Å². The molecule has 0 saturated heterocycles. The molecule has 176 valence electrons. The van der Waals surface area contributed by atoms with Crippen LogP contribution in [0.5, 0.6) is 5.75 Å². The highest BCUT2D eigenvalue weighted by Gasteiger charge is 2.56. The van der Waals surface area contributed by atoms with E-state index in [0.717, 1.165) is 17.0 Å². The third-order valence-electron chi connectivity index (χ3n) is 5.22. The van der Waals surface area contributed by atoms with Gasteiger partial charge in [0, 0.05) is 5.69 Å². The molecule has 0 bridgehead atoms. The Morgan fingerprint density at radius 3 is 2.53 bits per heavy atom. The number of urea groups is 1. The molecule has 9 nitrogen and oxygen atoms in total. The van der Waals surface area contributed by atoms with Crippen molar-refractivity contribution < 1.29 is 36.2 Å². The number of amides is 2. The molecule has 34 heavy (non-hydrogen) atoms. The van der Waals surface area contributed by atoms with Gasteiger partial charge in [-0.05, 0) is 42.5 Å². The lowest BCUT2D eigenvalue weighted by Gasteiger charge is -2.34. The molecule has 2 aliphatic heterocycles. The van der Waals surface area contributed by atoms with E-state index in [1.165, 1.54) is 24.5 Å². The van der Waals surface area contributed by atoms with E-state index in [9.17, 15) is 22.4 Å². The Balaban J connectivity index is 1.55. The molecule has 0 radical (unpaired) electrons. The van der Waals surface area contributed by atoms with Crippen LogP contribution in [0.4, 0.5) is 39.4 Å². The molecule has 2 aliphatic rings. The van der Waals surface area contributed by atoms with E-state index in [4.69, 9.17) is 15.9 Å². The zero-order valence-electron chi connectivity index (χ0n) is 17.0. The molecule has 0 spiro atoms. The molecule has 2 amide bonds. The average molecular weight is 477 g/mol. The first-order valence-electron chi connectivity index (χ1n) is 9.71. The Labute approximate surface area is 188 Å². The zero-order chi connectivity index (χ0) is 24.3. The highest BCUT2D eigenvalue weighted by atomic mass is 19.3. The number of hydrogen-bond acceptors (Lipinski definition) is 7. The van der Waals surface area contributed by atoms with Gasteiger partial charge < -0.3 is 25.5 Å². The maximum absolute atomic E-state index is 14.5. The molecule has 4 N–H and O–H groups in total. The number of anilines is 3. The van der Waals surface area contributed by atoms with E-state index in [-0.39, 0.29) is 12.4 Å². The summed E-state index contributed by atoms with van der Waals surface area (Å²) in [6.45, 7) is 0.159. The second-order valence-electron chi connectivity index (χ2n) is 7.28. The minimum atomic E-state index is -4.56. The lowest BCUT2D eigenvalue weighted by molar-refractivity contribution is -0.461. The van der Waals surface area contributed by atoms with Crippen molar-refractivity contribution in [1.29, 1.82) is 0 Å². The average Bonchev–Trinajstić information content (AvgIpc) is 3.23. The summed E-state index contributed by atoms with van der Waals surface area (Å²) in [6, 6.07) is 9.69. The molecule has 1 aromatic heterocycles. The van der Waals surface area contributed by atoms with Gasteiger partial charge in [-0.2, -0.15) is 8.78 Å². The van der Waals surface area contributed by atoms with Gasteiger partial charge in [-0.15, -0.1) is 8.78 Å². The van der Waals surface area contributed by atoms with Crippen LogP contribution in [0, 0.1) is 0 Å². The number of nitrogens with zero attached hydrogens (tertiary/aromatic N) is 3. The van der Waals surface area contributed by atoms with Crippen LogP contribution in [-0.4, -0.2) is 19.0 Å². The summed E-state index contributed by atoms with van der Waals surface area (Å²) in [5.41, 5.74) is 11.2. The van der Waals surface area contributed by atoms with Gasteiger partial charge in [0.15, 0.2) is 0 Å². The number of furan rings is 1. The number of carbonyl (C=O) groups is 1. The molecule has 0 aliphatic carbocycles. The molecule has 0 unspecified atom stereocenters. The number of ether oxygens (including phenoxy) is 2. The molecule has 3 heterocycles. The lowest BCUT2D eigenvalue weighted by Crippen LogP contribution is -2.43. The number of primary amides is 1. The van der Waals surface area contributed by atoms with Gasteiger partial charge in [-0.1, -0.05) is 6.07 Å². The predicted octanol–water partition coefficient (Wildman–Crippen LogP) is 2.63. The summed E-state index contributed by atoms with van der Waals surface area (Å²) in [7, 11) is 0. The van der Waals surface area contributed by atoms with Crippen molar-refractivity contribution >= 4 is 28.9 Å². The first-order valence-corrected chi connectivity index (χ1v) is 9.71. The molecule has 5 rings (SSSR count). The second kappa shape index (κ2) is 7.38. The van der Waals surface area contributed by atoms with Crippen molar-refractivity contribution in [2.24, 2.45) is 16.5 Å². The van der Waals surface area contributed by atoms with Crippen molar-refractivity contribution in [2.75, 3.05) is 16.5 Å². The smallest absolute Gasteiger partial charge is 0.446 e. The predicted molar refractivity (Wildman–Crippen MR) is 110 cm³/mol. The third-order valence-corrected chi connectivity index (χ3v) is 5.22. The molecule has 13 heteroatoms. The molecule has 0 saturated carbocycles. The number of rotatable bonds is 3. The van der Waals surface area contributed by atoms with E-state index in [0.29, 0.717) is 22.3 Å². The Morgan fingerprint density at radius 1 is 1.09 bits per heavy atom. The molecular formula is C21H15F4N5O4. The van der Waals surface area contributed by atoms with E-state index in [2.05, 4.69) is 14.5 Å². The first-order chi connectivity index (χ1) is 16.1. The molecule has 2 aromatic carbocycles. The third kappa shape index (κ3) is 3.46. The second-order valence-corrected chi connectivity index (χ2v) is 7.28. The van der Waals surface area contributed by atoms with Crippen LogP contribution >= 0.6 is 0 Å². The van der Waals surface area contributed by atoms with Crippen LogP contribution < -0.4 is 36.8 Å². The number of hydrogen-bond donors (Lipinski definition) is 2. The molecular weight excluding hydrogens is 462 g/mol. The van der Waals surface area contributed by atoms with E-state index < -0.39 is 35.4 Å². The zero-order valence-corrected chi connectivity index (χ0v) is 17.0. The van der Waals surface area contributed by atoms with Crippen LogP contribution in [0.15, 0.2) is 64.2 Å². The Bertz CT molecular complexity index is 1410. The fourth-order valence-electron chi connectivity index (χ4n) is 3.80. The largest absolute Gasteiger partial charge is 0.540 e. The summed E-state index contributed by atoms with van der Waals surface area (Å²) in [5, 5.41) is 0.601. The summed E-state index contributed by atoms with van der Waals surface area (Å²) in [6.07, 6.45) is -7.57. The maximum atomic E-state index is 14.5. The van der Waals surface area contributed by atoms with Gasteiger partial charge in [-0.3, -0.25) is 4.90 Å². The van der Waals surface area contributed by atoms with Crippen LogP contribution in [0.3, 0.4) is 0 Å². The maximum Gasteiger partial charge on any atom is 0.540 e. The normalized spacial score (nSPS) is 17.8. The minimum absolute atomic E-state index is 0.0781. The van der Waals surface area contributed by atoms with Crippen molar-refractivity contribution in [3.8, 4) is 5.75 Å². The van der Waals surface area contributed by atoms with Crippen molar-refractivity contribution in [2.45, 2.75) is 12.4 Å². The number of fused-ring (bicyclic) bond motifs is 2. The van der Waals surface area contributed by atoms with Crippen LogP contribution in [0.1, 0.15) is 5.56 Å². The van der Waals surface area contributed by atoms with Crippen LogP contribution in [0.25, 0.3) is 5.82 Å². The molecule has 3 aromatic rings. The number of halogens is 4. The number of carbonyl (C=O) groups excluding carboxylic acids is 1. The minimum Gasteiger partial charge on any atom is -0.446 e.